The number of amides is 1. The van der Waals surface area contributed by atoms with E-state index in [1.807, 2.05) is 39.8 Å². The number of aryl methyl sites for hydroxylation is 1. The summed E-state index contributed by atoms with van der Waals surface area (Å²) in [6.07, 6.45) is -3.47. The summed E-state index contributed by atoms with van der Waals surface area (Å²) in [5.41, 5.74) is 1.36. The largest absolute Gasteiger partial charge is 0.410 e. The summed E-state index contributed by atoms with van der Waals surface area (Å²) < 4.78 is 41.9. The van der Waals surface area contributed by atoms with Gasteiger partial charge in [0.2, 0.25) is 0 Å². The maximum absolute atomic E-state index is 13.7. The molecule has 1 amide bonds. The molecule has 1 aromatic carbocycles. The first-order valence-electron chi connectivity index (χ1n) is 8.75. The van der Waals surface area contributed by atoms with Gasteiger partial charge in [0.25, 0.3) is 5.91 Å². The SMILES string of the molecule is Cc1ccc(C2CC(C(F)(F)F)n3ncc(C(=O)NC(C)(C)C)c3N2)cc1. The lowest BCUT2D eigenvalue weighted by Gasteiger charge is -2.34. The average Bonchev–Trinajstić information content (AvgIpc) is 2.96. The highest BCUT2D eigenvalue weighted by atomic mass is 19.4. The van der Waals surface area contributed by atoms with Crippen molar-refractivity contribution in [3.63, 3.8) is 0 Å². The van der Waals surface area contributed by atoms with E-state index in [0.29, 0.717) is 0 Å². The lowest BCUT2D eigenvalue weighted by molar-refractivity contribution is -0.173. The predicted molar refractivity (Wildman–Crippen MR) is 96.7 cm³/mol. The monoisotopic (exact) mass is 380 g/mol. The van der Waals surface area contributed by atoms with Crippen LogP contribution in [0.25, 0.3) is 0 Å². The van der Waals surface area contributed by atoms with Gasteiger partial charge < -0.3 is 10.6 Å². The second kappa shape index (κ2) is 6.58. The minimum Gasteiger partial charge on any atom is -0.363 e. The van der Waals surface area contributed by atoms with Gasteiger partial charge in [0.1, 0.15) is 11.4 Å². The maximum atomic E-state index is 13.7. The van der Waals surface area contributed by atoms with Gasteiger partial charge in [0, 0.05) is 12.0 Å². The summed E-state index contributed by atoms with van der Waals surface area (Å²) in [5.74, 6) is -0.363. The number of carbonyl (C=O) groups excluding carboxylic acids is 1. The molecule has 2 N–H and O–H groups in total. The van der Waals surface area contributed by atoms with E-state index >= 15 is 0 Å². The summed E-state index contributed by atoms with van der Waals surface area (Å²) in [6, 6.07) is 4.97. The fraction of sp³-hybridized carbons (Fsp3) is 0.474. The van der Waals surface area contributed by atoms with Crippen LogP contribution in [-0.2, 0) is 0 Å². The molecule has 1 aromatic heterocycles. The molecule has 5 nitrogen and oxygen atoms in total. The Morgan fingerprint density at radius 1 is 1.22 bits per heavy atom. The van der Waals surface area contributed by atoms with Crippen molar-refractivity contribution >= 4 is 11.7 Å². The highest BCUT2D eigenvalue weighted by Crippen LogP contribution is 2.44. The summed E-state index contributed by atoms with van der Waals surface area (Å²) in [6.45, 7) is 7.34. The number of benzene rings is 1. The Morgan fingerprint density at radius 3 is 2.41 bits per heavy atom. The minimum absolute atomic E-state index is 0.0934. The van der Waals surface area contributed by atoms with E-state index in [4.69, 9.17) is 0 Å². The van der Waals surface area contributed by atoms with Crippen LogP contribution in [0.1, 0.15) is 60.8 Å². The molecule has 146 valence electrons. The molecular weight excluding hydrogens is 357 g/mol. The molecule has 0 aliphatic carbocycles. The Balaban J connectivity index is 2.01. The quantitative estimate of drug-likeness (QED) is 0.813. The fourth-order valence-electron chi connectivity index (χ4n) is 3.15. The Bertz CT molecular complexity index is 834. The van der Waals surface area contributed by atoms with Gasteiger partial charge in [-0.25, -0.2) is 4.68 Å². The number of carbonyl (C=O) groups is 1. The first-order chi connectivity index (χ1) is 12.5. The normalized spacial score (nSPS) is 20.0. The van der Waals surface area contributed by atoms with Gasteiger partial charge in [-0.15, -0.1) is 0 Å². The molecule has 0 spiro atoms. The number of anilines is 1. The molecule has 8 heteroatoms. The predicted octanol–water partition coefficient (Wildman–Crippen LogP) is 4.38. The van der Waals surface area contributed by atoms with Gasteiger partial charge >= 0.3 is 6.18 Å². The number of aromatic nitrogens is 2. The number of hydrogen-bond acceptors (Lipinski definition) is 3. The molecule has 0 radical (unpaired) electrons. The Labute approximate surface area is 155 Å². The number of hydrogen-bond donors (Lipinski definition) is 2. The lowest BCUT2D eigenvalue weighted by atomic mass is 9.96. The van der Waals surface area contributed by atoms with Crippen molar-refractivity contribution in [3.05, 3.63) is 47.2 Å². The first kappa shape index (κ1) is 19.3. The summed E-state index contributed by atoms with van der Waals surface area (Å²) in [4.78, 5) is 12.6. The molecule has 3 rings (SSSR count). The standard InChI is InChI=1S/C19H23F3N4O/c1-11-5-7-12(8-6-11)14-9-15(19(20,21)22)26-16(24-14)13(10-23-26)17(27)25-18(2,3)4/h5-8,10,14-15,24H,9H2,1-4H3,(H,25,27). The molecule has 27 heavy (non-hydrogen) atoms. The molecule has 0 saturated carbocycles. The van der Waals surface area contributed by atoms with Gasteiger partial charge in [-0.05, 0) is 33.3 Å². The molecule has 2 atom stereocenters. The molecule has 2 heterocycles. The van der Waals surface area contributed by atoms with Crippen LogP contribution in [0, 0.1) is 6.92 Å². The van der Waals surface area contributed by atoms with Crippen molar-refractivity contribution in [2.45, 2.75) is 57.9 Å². The van der Waals surface area contributed by atoms with Gasteiger partial charge in [0.05, 0.1) is 12.2 Å². The molecule has 0 saturated heterocycles. The molecule has 0 bridgehead atoms. The zero-order valence-electron chi connectivity index (χ0n) is 15.7. The van der Waals surface area contributed by atoms with Crippen molar-refractivity contribution in [3.8, 4) is 0 Å². The number of halogens is 3. The first-order valence-corrected chi connectivity index (χ1v) is 8.75. The maximum Gasteiger partial charge on any atom is 0.410 e. The van der Waals surface area contributed by atoms with Crippen LogP contribution in [0.3, 0.4) is 0 Å². The summed E-state index contributed by atoms with van der Waals surface area (Å²) in [5, 5.41) is 9.73. The van der Waals surface area contributed by atoms with Crippen molar-refractivity contribution < 1.29 is 18.0 Å². The number of nitrogens with zero attached hydrogens (tertiary/aromatic N) is 2. The van der Waals surface area contributed by atoms with E-state index in [1.54, 1.807) is 12.1 Å². The van der Waals surface area contributed by atoms with Crippen LogP contribution in [0.2, 0.25) is 0 Å². The fourth-order valence-corrected chi connectivity index (χ4v) is 3.15. The van der Waals surface area contributed by atoms with Crippen LogP contribution >= 0.6 is 0 Å². The average molecular weight is 380 g/mol. The second-order valence-corrected chi connectivity index (χ2v) is 7.96. The number of nitrogens with one attached hydrogen (secondary N) is 2. The minimum atomic E-state index is -4.47. The molecule has 2 aromatic rings. The zero-order chi connectivity index (χ0) is 20.0. The van der Waals surface area contributed by atoms with E-state index in [2.05, 4.69) is 15.7 Å². The van der Waals surface area contributed by atoms with Crippen LogP contribution in [0.5, 0.6) is 0 Å². The third-order valence-corrected chi connectivity index (χ3v) is 4.45. The van der Waals surface area contributed by atoms with E-state index in [9.17, 15) is 18.0 Å². The van der Waals surface area contributed by atoms with E-state index in [1.165, 1.54) is 6.20 Å². The molecule has 2 unspecified atom stereocenters. The Hall–Kier alpha value is -2.51. The topological polar surface area (TPSA) is 59.0 Å². The van der Waals surface area contributed by atoms with Gasteiger partial charge in [0.15, 0.2) is 6.04 Å². The zero-order valence-corrected chi connectivity index (χ0v) is 15.7. The van der Waals surface area contributed by atoms with Crippen molar-refractivity contribution in [1.29, 1.82) is 0 Å². The molecule has 1 aliphatic heterocycles. The molecular formula is C19H23F3N4O. The van der Waals surface area contributed by atoms with Crippen LogP contribution in [0.4, 0.5) is 19.0 Å². The van der Waals surface area contributed by atoms with E-state index in [-0.39, 0.29) is 17.8 Å². The number of alkyl halides is 3. The Kier molecular flexibility index (Phi) is 4.69. The van der Waals surface area contributed by atoms with Crippen molar-refractivity contribution in [2.24, 2.45) is 0 Å². The Morgan fingerprint density at radius 2 is 1.85 bits per heavy atom. The smallest absolute Gasteiger partial charge is 0.363 e. The van der Waals surface area contributed by atoms with Gasteiger partial charge in [-0.2, -0.15) is 18.3 Å². The van der Waals surface area contributed by atoms with Gasteiger partial charge in [-0.1, -0.05) is 29.8 Å². The highest BCUT2D eigenvalue weighted by molar-refractivity contribution is 5.99. The van der Waals surface area contributed by atoms with Crippen molar-refractivity contribution in [1.82, 2.24) is 15.1 Å². The number of fused-ring (bicyclic) bond motifs is 1. The van der Waals surface area contributed by atoms with Crippen LogP contribution in [-0.4, -0.2) is 27.4 Å². The number of rotatable bonds is 2. The summed E-state index contributed by atoms with van der Waals surface area (Å²) >= 11 is 0. The van der Waals surface area contributed by atoms with Crippen molar-refractivity contribution in [2.75, 3.05) is 5.32 Å². The van der Waals surface area contributed by atoms with E-state index < -0.39 is 29.7 Å². The molecule has 1 aliphatic rings. The van der Waals surface area contributed by atoms with Crippen LogP contribution < -0.4 is 10.6 Å². The summed E-state index contributed by atoms with van der Waals surface area (Å²) in [7, 11) is 0. The third-order valence-electron chi connectivity index (χ3n) is 4.45. The van der Waals surface area contributed by atoms with E-state index in [0.717, 1.165) is 15.8 Å². The van der Waals surface area contributed by atoms with Gasteiger partial charge in [-0.3, -0.25) is 4.79 Å². The third kappa shape index (κ3) is 4.09. The molecule has 0 fully saturated rings. The second-order valence-electron chi connectivity index (χ2n) is 7.96. The lowest BCUT2D eigenvalue weighted by Crippen LogP contribution is -2.41. The van der Waals surface area contributed by atoms with Crippen LogP contribution in [0.15, 0.2) is 30.5 Å². The highest BCUT2D eigenvalue weighted by Gasteiger charge is 2.47.